The molecule has 2 heterocycles. The molecule has 6 heteroatoms. The molecule has 1 saturated heterocycles. The van der Waals surface area contributed by atoms with Gasteiger partial charge in [-0.1, -0.05) is 43.7 Å². The number of aryl methyl sites for hydroxylation is 1. The molecule has 2 aromatic rings. The molecule has 0 atom stereocenters. The van der Waals surface area contributed by atoms with Gasteiger partial charge < -0.3 is 9.80 Å². The summed E-state index contributed by atoms with van der Waals surface area (Å²) in [7, 11) is 4.37. The Hall–Kier alpha value is -2.73. The zero-order chi connectivity index (χ0) is 26.3. The van der Waals surface area contributed by atoms with Crippen molar-refractivity contribution in [2.24, 2.45) is 5.41 Å². The highest BCUT2D eigenvalue weighted by Gasteiger charge is 2.56. The van der Waals surface area contributed by atoms with Crippen LogP contribution in [0.15, 0.2) is 48.8 Å². The quantitative estimate of drug-likeness (QED) is 0.498. The monoisotopic (exact) mass is 502 g/mol. The van der Waals surface area contributed by atoms with E-state index >= 15 is 0 Å². The van der Waals surface area contributed by atoms with Crippen LogP contribution in [-0.2, 0) is 16.8 Å². The number of benzene rings is 1. The lowest BCUT2D eigenvalue weighted by molar-refractivity contribution is -0.119. The van der Waals surface area contributed by atoms with E-state index in [-0.39, 0.29) is 34.9 Å². The highest BCUT2D eigenvalue weighted by molar-refractivity contribution is 5.88. The van der Waals surface area contributed by atoms with Crippen LogP contribution in [0.3, 0.4) is 0 Å². The number of ketones is 1. The molecule has 0 radical (unpaired) electrons. The second-order valence-corrected chi connectivity index (χ2v) is 12.4. The lowest BCUT2D eigenvalue weighted by atomic mass is 9.66. The van der Waals surface area contributed by atoms with Crippen molar-refractivity contribution in [2.75, 3.05) is 33.7 Å². The first-order chi connectivity index (χ1) is 17.7. The second-order valence-electron chi connectivity index (χ2n) is 12.4. The molecule has 3 fully saturated rings. The van der Waals surface area contributed by atoms with Crippen LogP contribution in [0.2, 0.25) is 0 Å². The molecule has 0 bridgehead atoms. The number of nitrogens with zero attached hydrogens (tertiary/aromatic N) is 4. The number of carbonyl (C=O) groups is 2. The summed E-state index contributed by atoms with van der Waals surface area (Å²) in [5, 5.41) is 0. The normalized spacial score (nSPS) is 27.1. The first-order valence-corrected chi connectivity index (χ1v) is 13.9. The molecule has 1 spiro atoms. The smallest absolute Gasteiger partial charge is 0.317 e. The van der Waals surface area contributed by atoms with E-state index in [4.69, 9.17) is 0 Å². The van der Waals surface area contributed by atoms with Gasteiger partial charge >= 0.3 is 6.03 Å². The molecule has 2 saturated carbocycles. The number of rotatable bonds is 8. The predicted molar refractivity (Wildman–Crippen MR) is 146 cm³/mol. The molecule has 1 aromatic carbocycles. The van der Waals surface area contributed by atoms with Crippen molar-refractivity contribution in [3.8, 4) is 0 Å². The number of hydrogen-bond acceptors (Lipinski definition) is 4. The van der Waals surface area contributed by atoms with E-state index in [0.29, 0.717) is 13.0 Å². The average Bonchev–Trinajstić information content (AvgIpc) is 3.10. The summed E-state index contributed by atoms with van der Waals surface area (Å²) in [4.78, 5) is 37.6. The Morgan fingerprint density at radius 3 is 2.32 bits per heavy atom. The van der Waals surface area contributed by atoms with E-state index in [0.717, 1.165) is 43.4 Å². The summed E-state index contributed by atoms with van der Waals surface area (Å²) >= 11 is 0. The molecule has 1 aliphatic heterocycles. The van der Waals surface area contributed by atoms with Crippen LogP contribution < -0.4 is 0 Å². The fourth-order valence-corrected chi connectivity index (χ4v) is 7.02. The van der Waals surface area contributed by atoms with E-state index in [1.54, 1.807) is 12.4 Å². The van der Waals surface area contributed by atoms with Crippen LogP contribution in [0.25, 0.3) is 0 Å². The SMILES string of the molecule is Cc1ccncc1CC(=O)CN1CC2(CCC(c3ccccc3)(N(C)C)CC2)N(CC2(C)CCC2)C1=O. The third-order valence-electron chi connectivity index (χ3n) is 9.74. The summed E-state index contributed by atoms with van der Waals surface area (Å²) in [6.07, 6.45) is 11.4. The number of pyridine rings is 1. The molecule has 5 rings (SSSR count). The summed E-state index contributed by atoms with van der Waals surface area (Å²) < 4.78 is 0. The minimum atomic E-state index is -0.200. The zero-order valence-electron chi connectivity index (χ0n) is 23.0. The molecule has 3 aliphatic rings. The van der Waals surface area contributed by atoms with Gasteiger partial charge in [-0.15, -0.1) is 0 Å². The van der Waals surface area contributed by atoms with Gasteiger partial charge in [0.05, 0.1) is 12.1 Å². The number of Topliss-reactive ketones (excluding diaryl/α,β-unsaturated/α-hetero) is 1. The number of urea groups is 1. The summed E-state index contributed by atoms with van der Waals surface area (Å²) in [6.45, 7) is 5.97. The van der Waals surface area contributed by atoms with Crippen molar-refractivity contribution < 1.29 is 9.59 Å². The maximum Gasteiger partial charge on any atom is 0.321 e. The van der Waals surface area contributed by atoms with E-state index in [1.807, 2.05) is 17.9 Å². The lowest BCUT2D eigenvalue weighted by Crippen LogP contribution is -2.57. The summed E-state index contributed by atoms with van der Waals surface area (Å²) in [5.74, 6) is 0.0824. The van der Waals surface area contributed by atoms with Crippen LogP contribution in [0, 0.1) is 12.3 Å². The van der Waals surface area contributed by atoms with Gasteiger partial charge in [-0.3, -0.25) is 14.7 Å². The predicted octanol–water partition coefficient (Wildman–Crippen LogP) is 5.20. The van der Waals surface area contributed by atoms with Crippen LogP contribution in [0.5, 0.6) is 0 Å². The Bertz CT molecular complexity index is 1130. The van der Waals surface area contributed by atoms with Gasteiger partial charge in [-0.2, -0.15) is 0 Å². The Labute approximate surface area is 222 Å². The van der Waals surface area contributed by atoms with Crippen molar-refractivity contribution in [1.82, 2.24) is 19.7 Å². The first-order valence-electron chi connectivity index (χ1n) is 13.9. The molecular weight excluding hydrogens is 460 g/mol. The molecule has 6 nitrogen and oxygen atoms in total. The molecular formula is C31H42N4O2. The number of amides is 2. The van der Waals surface area contributed by atoms with Gasteiger partial charge in [0.15, 0.2) is 5.78 Å². The maximum absolute atomic E-state index is 13.9. The fourth-order valence-electron chi connectivity index (χ4n) is 7.02. The molecule has 0 unspecified atom stereocenters. The topological polar surface area (TPSA) is 56.8 Å². The Morgan fingerprint density at radius 1 is 1.03 bits per heavy atom. The van der Waals surface area contributed by atoms with Gasteiger partial charge in [0.1, 0.15) is 0 Å². The summed E-state index contributed by atoms with van der Waals surface area (Å²) in [5.41, 5.74) is 3.35. The molecule has 198 valence electrons. The fraction of sp³-hybridized carbons (Fsp3) is 0.581. The minimum absolute atomic E-state index is 0.0251. The van der Waals surface area contributed by atoms with Crippen LogP contribution >= 0.6 is 0 Å². The van der Waals surface area contributed by atoms with Gasteiger partial charge in [0, 0.05) is 37.4 Å². The molecule has 0 N–H and O–H groups in total. The second kappa shape index (κ2) is 9.86. The first kappa shape index (κ1) is 25.9. The third kappa shape index (κ3) is 4.81. The van der Waals surface area contributed by atoms with Crippen molar-refractivity contribution in [3.63, 3.8) is 0 Å². The number of hydrogen-bond donors (Lipinski definition) is 0. The van der Waals surface area contributed by atoms with Crippen molar-refractivity contribution in [1.29, 1.82) is 0 Å². The number of carbonyl (C=O) groups excluding carboxylic acids is 2. The molecule has 2 aliphatic carbocycles. The Morgan fingerprint density at radius 2 is 1.73 bits per heavy atom. The maximum atomic E-state index is 13.9. The highest BCUT2D eigenvalue weighted by Crippen LogP contribution is 2.51. The van der Waals surface area contributed by atoms with Gasteiger partial charge in [0.25, 0.3) is 0 Å². The summed E-state index contributed by atoms with van der Waals surface area (Å²) in [6, 6.07) is 12.8. The average molecular weight is 503 g/mol. The Kier molecular flexibility index (Phi) is 6.90. The Balaban J connectivity index is 1.37. The highest BCUT2D eigenvalue weighted by atomic mass is 16.2. The van der Waals surface area contributed by atoms with Crippen LogP contribution in [0.4, 0.5) is 4.79 Å². The van der Waals surface area contributed by atoms with Crippen LogP contribution in [0.1, 0.15) is 68.6 Å². The standard InChI is InChI=1S/C31H42N4O2/c1-24-11-18-32-20-25(24)19-27(36)21-34-23-30(35(28(34)37)22-29(2)12-8-13-29)14-16-31(17-15-30,33(3)4)26-9-6-5-7-10-26/h5-7,9-11,18,20H,8,12-17,19,21-23H2,1-4H3. The van der Waals surface area contributed by atoms with E-state index in [1.165, 1.54) is 24.8 Å². The number of aromatic nitrogens is 1. The van der Waals surface area contributed by atoms with Crippen molar-refractivity contribution >= 4 is 11.8 Å². The minimum Gasteiger partial charge on any atom is -0.317 e. The largest absolute Gasteiger partial charge is 0.321 e. The molecule has 1 aromatic heterocycles. The van der Waals surface area contributed by atoms with Crippen molar-refractivity contribution in [3.05, 3.63) is 65.5 Å². The van der Waals surface area contributed by atoms with Crippen molar-refractivity contribution in [2.45, 2.75) is 76.3 Å². The van der Waals surface area contributed by atoms with E-state index < -0.39 is 0 Å². The van der Waals surface area contributed by atoms with Gasteiger partial charge in [0.2, 0.25) is 0 Å². The lowest BCUT2D eigenvalue weighted by Gasteiger charge is -2.53. The zero-order valence-corrected chi connectivity index (χ0v) is 23.0. The molecule has 37 heavy (non-hydrogen) atoms. The van der Waals surface area contributed by atoms with E-state index in [2.05, 4.69) is 66.1 Å². The molecule has 2 amide bonds. The van der Waals surface area contributed by atoms with Crippen LogP contribution in [-0.4, -0.2) is 70.8 Å². The third-order valence-corrected chi connectivity index (χ3v) is 9.74. The van der Waals surface area contributed by atoms with Gasteiger partial charge in [-0.25, -0.2) is 4.79 Å². The van der Waals surface area contributed by atoms with Gasteiger partial charge in [-0.05, 0) is 87.7 Å². The van der Waals surface area contributed by atoms with E-state index in [9.17, 15) is 9.59 Å².